The van der Waals surface area contributed by atoms with Gasteiger partial charge in [-0.3, -0.25) is 14.4 Å². The predicted octanol–water partition coefficient (Wildman–Crippen LogP) is 10.5. The first-order valence-electron chi connectivity index (χ1n) is 22.0. The van der Waals surface area contributed by atoms with Gasteiger partial charge < -0.3 is 20.1 Å². The molecule has 0 aliphatic heterocycles. The first-order chi connectivity index (χ1) is 26.4. The van der Waals surface area contributed by atoms with Crippen LogP contribution >= 0.6 is 0 Å². The van der Waals surface area contributed by atoms with Gasteiger partial charge in [-0.2, -0.15) is 0 Å². The molecule has 6 rings (SSSR count). The first kappa shape index (κ1) is 42.4. The van der Waals surface area contributed by atoms with E-state index in [2.05, 4.69) is 58.8 Å². The van der Waals surface area contributed by atoms with E-state index in [0.29, 0.717) is 53.8 Å². The number of hydrogen-bond acceptors (Lipinski definition) is 6. The molecule has 0 heterocycles. The molecule has 56 heavy (non-hydrogen) atoms. The molecule has 310 valence electrons. The molecule has 5 aliphatic rings. The molecule has 8 nitrogen and oxygen atoms in total. The lowest BCUT2D eigenvalue weighted by molar-refractivity contribution is -0.248. The smallest absolute Gasteiger partial charge is 0.337 e. The molecule has 5 aliphatic carbocycles. The quantitative estimate of drug-likeness (QED) is 0.117. The number of carbonyl (C=O) groups is 4. The van der Waals surface area contributed by atoms with E-state index in [1.165, 1.54) is 38.4 Å². The van der Waals surface area contributed by atoms with Gasteiger partial charge in [0.2, 0.25) is 11.8 Å². The molecule has 1 aromatic carbocycles. The second-order valence-corrected chi connectivity index (χ2v) is 20.2. The Hall–Kier alpha value is -3.16. The van der Waals surface area contributed by atoms with Crippen molar-refractivity contribution in [3.05, 3.63) is 42.0 Å². The fourth-order valence-electron chi connectivity index (χ4n) is 14.3. The molecule has 10 atom stereocenters. The average Bonchev–Trinajstić information content (AvgIpc) is 3.55. The maximum absolute atomic E-state index is 14.5. The third kappa shape index (κ3) is 7.38. The number of fused-ring (bicyclic) bond motifs is 7. The topological polar surface area (TPSA) is 111 Å². The lowest BCUT2D eigenvalue weighted by Crippen LogP contribution is -2.67. The predicted molar refractivity (Wildman–Crippen MR) is 222 cm³/mol. The number of anilines is 1. The number of methoxy groups -OCH3 is 1. The lowest BCUT2D eigenvalue weighted by atomic mass is 9.32. The summed E-state index contributed by atoms with van der Waals surface area (Å²) in [6.07, 6.45) is 16.2. The highest BCUT2D eigenvalue weighted by molar-refractivity contribution is 5.93. The zero-order valence-corrected chi connectivity index (χ0v) is 36.0. The number of carbonyl (C=O) groups excluding carboxylic acids is 4. The fraction of sp³-hybridized carbons (Fsp3) is 0.750. The number of ether oxygens (including phenoxy) is 2. The Morgan fingerprint density at radius 1 is 0.768 bits per heavy atom. The monoisotopic (exact) mass is 773 g/mol. The maximum Gasteiger partial charge on any atom is 0.337 e. The van der Waals surface area contributed by atoms with Crippen LogP contribution in [-0.4, -0.2) is 43.5 Å². The van der Waals surface area contributed by atoms with Gasteiger partial charge >= 0.3 is 11.9 Å². The molecule has 0 aromatic heterocycles. The average molecular weight is 773 g/mol. The van der Waals surface area contributed by atoms with Crippen molar-refractivity contribution >= 4 is 29.4 Å². The van der Waals surface area contributed by atoms with E-state index in [1.807, 2.05) is 0 Å². The minimum atomic E-state index is -0.398. The van der Waals surface area contributed by atoms with Crippen LogP contribution in [0.3, 0.4) is 0 Å². The number of hydrogen-bond donors (Lipinski definition) is 2. The van der Waals surface area contributed by atoms with E-state index in [9.17, 15) is 19.2 Å². The van der Waals surface area contributed by atoms with Crippen molar-refractivity contribution < 1.29 is 28.7 Å². The molecule has 5 fully saturated rings. The Morgan fingerprint density at radius 3 is 2.14 bits per heavy atom. The Labute approximate surface area is 337 Å². The van der Waals surface area contributed by atoms with Gasteiger partial charge in [0.05, 0.1) is 18.1 Å². The van der Waals surface area contributed by atoms with Gasteiger partial charge in [-0.1, -0.05) is 66.0 Å². The van der Waals surface area contributed by atoms with Gasteiger partial charge in [0, 0.05) is 31.0 Å². The van der Waals surface area contributed by atoms with Crippen LogP contribution in [0.4, 0.5) is 5.69 Å². The van der Waals surface area contributed by atoms with Crippen LogP contribution in [0.25, 0.3) is 0 Å². The summed E-state index contributed by atoms with van der Waals surface area (Å²) in [4.78, 5) is 50.7. The van der Waals surface area contributed by atoms with Crippen LogP contribution in [0.15, 0.2) is 36.4 Å². The summed E-state index contributed by atoms with van der Waals surface area (Å²) in [6.45, 7) is 21.6. The van der Waals surface area contributed by atoms with Crippen molar-refractivity contribution in [3.8, 4) is 0 Å². The summed E-state index contributed by atoms with van der Waals surface area (Å²) >= 11 is 0. The first-order valence-corrected chi connectivity index (χ1v) is 22.0. The van der Waals surface area contributed by atoms with Crippen molar-refractivity contribution in [2.24, 2.45) is 56.7 Å². The molecule has 1 aromatic rings. The summed E-state index contributed by atoms with van der Waals surface area (Å²) in [5, 5.41) is 6.38. The Kier molecular flexibility index (Phi) is 12.3. The maximum atomic E-state index is 14.5. The summed E-state index contributed by atoms with van der Waals surface area (Å²) in [5.74, 6) is 2.11. The van der Waals surface area contributed by atoms with E-state index < -0.39 is 5.97 Å². The van der Waals surface area contributed by atoms with Crippen molar-refractivity contribution in [1.29, 1.82) is 0 Å². The van der Waals surface area contributed by atoms with Crippen molar-refractivity contribution in [3.63, 3.8) is 0 Å². The second-order valence-electron chi connectivity index (χ2n) is 20.2. The lowest BCUT2D eigenvalue weighted by Gasteiger charge is -2.72. The number of rotatable bonds is 13. The number of esters is 2. The SMILES string of the molecule is C=C(C)[C@@H]1CC[C@]2(C(=O)NCCCCCCCC(=O)Nc3ccc(C(=O)OC)cc3)CC[C@]3(C)[C@H](CC[C@@H]4[C@@]5(C)CC[C@H](OC(C)=O)C(C)(C)[C@@H]5CC[C@]43C)[C@@H]12. The van der Waals surface area contributed by atoms with Gasteiger partial charge in [-0.05, 0) is 154 Å². The number of allylic oxidation sites excluding steroid dienone is 1. The van der Waals surface area contributed by atoms with E-state index in [-0.39, 0.29) is 51.0 Å². The number of amides is 2. The Balaban J connectivity index is 1.03. The summed E-state index contributed by atoms with van der Waals surface area (Å²) < 4.78 is 10.7. The van der Waals surface area contributed by atoms with E-state index in [4.69, 9.17) is 9.47 Å². The standard InChI is InChI=1S/C48H72N2O6/c1-31(2)35-22-27-48(43(54)49-30-14-12-10-11-13-15-40(52)50-34-18-16-33(17-19-34)42(53)55-9)29-28-46(7)36(41(35)48)20-21-38-45(6)25-24-39(56-32(3)51)44(4,5)37(45)23-26-47(38,46)8/h16-19,35-39,41H,1,10-15,20-30H2,2-9H3,(H,49,54)(H,50,52)/t35-,36+,37-,38+,39-,41+,45-,46+,47+,48-/m0/s1. The molecule has 0 unspecified atom stereocenters. The van der Waals surface area contributed by atoms with Gasteiger partial charge in [0.25, 0.3) is 0 Å². The fourth-order valence-corrected chi connectivity index (χ4v) is 14.3. The number of unbranched alkanes of at least 4 members (excludes halogenated alkanes) is 4. The van der Waals surface area contributed by atoms with Gasteiger partial charge in [0.15, 0.2) is 0 Å². The van der Waals surface area contributed by atoms with E-state index >= 15 is 0 Å². The highest BCUT2D eigenvalue weighted by atomic mass is 16.5. The van der Waals surface area contributed by atoms with Crippen LogP contribution in [0, 0.1) is 56.7 Å². The largest absolute Gasteiger partial charge is 0.465 e. The highest BCUT2D eigenvalue weighted by Gasteiger charge is 2.72. The Morgan fingerprint density at radius 2 is 1.46 bits per heavy atom. The Bertz CT molecular complexity index is 1650. The molecule has 0 saturated heterocycles. The minimum Gasteiger partial charge on any atom is -0.465 e. The summed E-state index contributed by atoms with van der Waals surface area (Å²) in [7, 11) is 1.35. The van der Waals surface area contributed by atoms with Crippen LogP contribution < -0.4 is 10.6 Å². The second kappa shape index (κ2) is 16.2. The molecule has 0 radical (unpaired) electrons. The van der Waals surface area contributed by atoms with Crippen LogP contribution in [0.1, 0.15) is 162 Å². The molecule has 0 bridgehead atoms. The van der Waals surface area contributed by atoms with Crippen molar-refractivity contribution in [2.45, 2.75) is 157 Å². The molecule has 5 saturated carbocycles. The van der Waals surface area contributed by atoms with Gasteiger partial charge in [-0.25, -0.2) is 4.79 Å². The van der Waals surface area contributed by atoms with Crippen LogP contribution in [-0.2, 0) is 23.9 Å². The molecule has 0 spiro atoms. The van der Waals surface area contributed by atoms with Crippen LogP contribution in [0.2, 0.25) is 0 Å². The number of benzene rings is 1. The highest BCUT2D eigenvalue weighted by Crippen LogP contribution is 2.77. The molecule has 8 heteroatoms. The third-order valence-electron chi connectivity index (χ3n) is 17.2. The van der Waals surface area contributed by atoms with Gasteiger partial charge in [0.1, 0.15) is 6.10 Å². The van der Waals surface area contributed by atoms with Crippen molar-refractivity contribution in [2.75, 3.05) is 19.0 Å². The summed E-state index contributed by atoms with van der Waals surface area (Å²) in [5.41, 5.74) is 2.60. The minimum absolute atomic E-state index is 0.0103. The molecular weight excluding hydrogens is 701 g/mol. The summed E-state index contributed by atoms with van der Waals surface area (Å²) in [6, 6.07) is 6.73. The van der Waals surface area contributed by atoms with E-state index in [0.717, 1.165) is 70.6 Å². The van der Waals surface area contributed by atoms with Crippen molar-refractivity contribution in [1.82, 2.24) is 5.32 Å². The van der Waals surface area contributed by atoms with Gasteiger partial charge in [-0.15, -0.1) is 0 Å². The third-order valence-corrected chi connectivity index (χ3v) is 17.2. The molecule has 2 amide bonds. The normalized spacial score (nSPS) is 36.8. The molecule has 2 N–H and O–H groups in total. The van der Waals surface area contributed by atoms with E-state index in [1.54, 1.807) is 31.2 Å². The zero-order chi connectivity index (χ0) is 40.7. The molecular formula is C48H72N2O6. The van der Waals surface area contributed by atoms with Crippen LogP contribution in [0.5, 0.6) is 0 Å². The zero-order valence-electron chi connectivity index (χ0n) is 36.0. The number of nitrogens with one attached hydrogen (secondary N) is 2.